The highest BCUT2D eigenvalue weighted by Gasteiger charge is 2.16. The molecule has 0 unspecified atom stereocenters. The average molecular weight is 278 g/mol. The van der Waals surface area contributed by atoms with Gasteiger partial charge in [0.25, 0.3) is 5.56 Å². The van der Waals surface area contributed by atoms with E-state index in [0.29, 0.717) is 0 Å². The zero-order valence-corrected chi connectivity index (χ0v) is 10.5. The van der Waals surface area contributed by atoms with Gasteiger partial charge in [-0.1, -0.05) is 0 Å². The molecule has 20 heavy (non-hydrogen) atoms. The minimum Gasteiger partial charge on any atom is -0.477 e. The first kappa shape index (κ1) is 13.7. The van der Waals surface area contributed by atoms with Crippen LogP contribution in [0.1, 0.15) is 17.3 Å². The summed E-state index contributed by atoms with van der Waals surface area (Å²) < 4.78 is 14.7. The van der Waals surface area contributed by atoms with Crippen LogP contribution in [0.2, 0.25) is 0 Å². The Bertz CT molecular complexity index is 774. The van der Waals surface area contributed by atoms with Gasteiger partial charge in [-0.2, -0.15) is 0 Å². The van der Waals surface area contributed by atoms with Gasteiger partial charge in [-0.3, -0.25) is 13.9 Å². The lowest BCUT2D eigenvalue weighted by Gasteiger charge is -2.10. The van der Waals surface area contributed by atoms with Crippen molar-refractivity contribution in [3.8, 4) is 5.69 Å². The molecule has 0 fully saturated rings. The molecule has 0 aliphatic heterocycles. The fraction of sp³-hybridized carbons (Fsp3) is 0.154. The Labute approximate surface area is 112 Å². The molecule has 0 saturated heterocycles. The molecule has 7 heteroatoms. The van der Waals surface area contributed by atoms with Crippen molar-refractivity contribution in [2.24, 2.45) is 0 Å². The molecule has 0 amide bonds. The number of aromatic nitrogens is 2. The highest BCUT2D eigenvalue weighted by Crippen LogP contribution is 2.07. The van der Waals surface area contributed by atoms with Crippen molar-refractivity contribution in [3.63, 3.8) is 0 Å². The van der Waals surface area contributed by atoms with E-state index in [1.807, 2.05) is 0 Å². The van der Waals surface area contributed by atoms with Crippen molar-refractivity contribution in [2.75, 3.05) is 0 Å². The molecule has 0 spiro atoms. The molecule has 1 N–H and O–H groups in total. The summed E-state index contributed by atoms with van der Waals surface area (Å²) >= 11 is 0. The van der Waals surface area contributed by atoms with Crippen molar-refractivity contribution >= 4 is 5.97 Å². The highest BCUT2D eigenvalue weighted by atomic mass is 19.1. The van der Waals surface area contributed by atoms with E-state index in [1.54, 1.807) is 6.92 Å². The molecule has 0 bridgehead atoms. The number of halogens is 1. The van der Waals surface area contributed by atoms with Gasteiger partial charge in [0.05, 0.1) is 5.69 Å². The van der Waals surface area contributed by atoms with E-state index in [0.717, 1.165) is 27.5 Å². The minimum absolute atomic E-state index is 0.0416. The van der Waals surface area contributed by atoms with Crippen LogP contribution >= 0.6 is 0 Å². The monoisotopic (exact) mass is 278 g/mol. The first-order valence-corrected chi connectivity index (χ1v) is 5.81. The van der Waals surface area contributed by atoms with Gasteiger partial charge in [-0.15, -0.1) is 0 Å². The molecule has 2 rings (SSSR count). The van der Waals surface area contributed by atoms with E-state index < -0.39 is 28.6 Å². The molecule has 1 aromatic heterocycles. The number of carboxylic acids is 1. The highest BCUT2D eigenvalue weighted by molar-refractivity contribution is 5.86. The van der Waals surface area contributed by atoms with E-state index >= 15 is 0 Å². The summed E-state index contributed by atoms with van der Waals surface area (Å²) in [5, 5.41) is 9.00. The van der Waals surface area contributed by atoms with Crippen molar-refractivity contribution in [2.45, 2.75) is 13.5 Å². The van der Waals surface area contributed by atoms with Crippen molar-refractivity contribution in [3.05, 3.63) is 62.7 Å². The molecule has 0 aliphatic rings. The van der Waals surface area contributed by atoms with Gasteiger partial charge in [0.15, 0.2) is 0 Å². The summed E-state index contributed by atoms with van der Waals surface area (Å²) in [6.07, 6.45) is 0.951. The van der Waals surface area contributed by atoms with Crippen LogP contribution in [-0.2, 0) is 6.54 Å². The molecule has 0 aliphatic carbocycles. The largest absolute Gasteiger partial charge is 0.477 e. The minimum atomic E-state index is -1.42. The third-order valence-electron chi connectivity index (χ3n) is 2.82. The van der Waals surface area contributed by atoms with Crippen LogP contribution in [0.15, 0.2) is 40.1 Å². The Morgan fingerprint density at radius 2 is 1.85 bits per heavy atom. The first-order chi connectivity index (χ1) is 9.45. The van der Waals surface area contributed by atoms with E-state index in [2.05, 4.69) is 0 Å². The van der Waals surface area contributed by atoms with Crippen LogP contribution in [0.5, 0.6) is 0 Å². The Morgan fingerprint density at radius 1 is 1.25 bits per heavy atom. The van der Waals surface area contributed by atoms with E-state index in [1.165, 1.54) is 12.1 Å². The van der Waals surface area contributed by atoms with Crippen LogP contribution in [0, 0.1) is 5.82 Å². The van der Waals surface area contributed by atoms with E-state index in [9.17, 15) is 18.8 Å². The Balaban J connectivity index is 2.80. The molecule has 6 nitrogen and oxygen atoms in total. The molecule has 0 radical (unpaired) electrons. The van der Waals surface area contributed by atoms with Gasteiger partial charge >= 0.3 is 11.7 Å². The van der Waals surface area contributed by atoms with Gasteiger partial charge in [0.2, 0.25) is 0 Å². The van der Waals surface area contributed by atoms with Crippen molar-refractivity contribution in [1.29, 1.82) is 0 Å². The maximum Gasteiger partial charge on any atom is 0.342 e. The Kier molecular flexibility index (Phi) is 3.51. The smallest absolute Gasteiger partial charge is 0.342 e. The molecule has 104 valence electrons. The standard InChI is InChI=1S/C13H11FN2O4/c1-2-15-11(17)10(12(18)19)7-16(13(15)20)9-5-3-8(14)4-6-9/h3-7H,2H2,1H3,(H,18,19). The number of hydrogen-bond acceptors (Lipinski definition) is 3. The number of carboxylic acid groups (broad SMARTS) is 1. The van der Waals surface area contributed by atoms with Gasteiger partial charge in [0, 0.05) is 12.7 Å². The molecular formula is C13H11FN2O4. The molecule has 0 saturated carbocycles. The van der Waals surface area contributed by atoms with Crippen molar-refractivity contribution < 1.29 is 14.3 Å². The number of carbonyl (C=O) groups is 1. The zero-order chi connectivity index (χ0) is 14.9. The Morgan fingerprint density at radius 3 is 2.35 bits per heavy atom. The summed E-state index contributed by atoms with van der Waals surface area (Å²) in [6, 6.07) is 4.94. The number of hydrogen-bond donors (Lipinski definition) is 1. The SMILES string of the molecule is CCn1c(=O)c(C(=O)O)cn(-c2ccc(F)cc2)c1=O. The lowest BCUT2D eigenvalue weighted by molar-refractivity contribution is 0.0693. The second-order valence-corrected chi connectivity index (χ2v) is 4.03. The molecule has 0 atom stereocenters. The van der Waals surface area contributed by atoms with Crippen molar-refractivity contribution in [1.82, 2.24) is 9.13 Å². The Hall–Kier alpha value is -2.70. The second-order valence-electron chi connectivity index (χ2n) is 4.03. The summed E-state index contributed by atoms with van der Waals surface area (Å²) in [7, 11) is 0. The average Bonchev–Trinajstić information content (AvgIpc) is 2.40. The second kappa shape index (κ2) is 5.12. The number of nitrogens with zero attached hydrogens (tertiary/aromatic N) is 2. The lowest BCUT2D eigenvalue weighted by atomic mass is 10.3. The van der Waals surface area contributed by atoms with Gasteiger partial charge < -0.3 is 5.11 Å². The zero-order valence-electron chi connectivity index (χ0n) is 10.5. The molecule has 1 heterocycles. The van der Waals surface area contributed by atoms with E-state index in [-0.39, 0.29) is 12.2 Å². The molecule has 1 aromatic carbocycles. The topological polar surface area (TPSA) is 81.3 Å². The fourth-order valence-electron chi connectivity index (χ4n) is 1.81. The third-order valence-corrected chi connectivity index (χ3v) is 2.82. The van der Waals surface area contributed by atoms with Crippen LogP contribution in [0.25, 0.3) is 5.69 Å². The van der Waals surface area contributed by atoms with E-state index in [4.69, 9.17) is 5.11 Å². The van der Waals surface area contributed by atoms with Crippen LogP contribution in [0.3, 0.4) is 0 Å². The molecular weight excluding hydrogens is 267 g/mol. The quantitative estimate of drug-likeness (QED) is 0.902. The van der Waals surface area contributed by atoms with Gasteiger partial charge in [0.1, 0.15) is 11.4 Å². The predicted molar refractivity (Wildman–Crippen MR) is 68.9 cm³/mol. The van der Waals surface area contributed by atoms with Crippen LogP contribution in [-0.4, -0.2) is 20.2 Å². The summed E-state index contributed by atoms with van der Waals surface area (Å²) in [5.41, 5.74) is -1.77. The number of rotatable bonds is 3. The molecule has 2 aromatic rings. The van der Waals surface area contributed by atoms with Crippen LogP contribution in [0.4, 0.5) is 4.39 Å². The first-order valence-electron chi connectivity index (χ1n) is 5.81. The lowest BCUT2D eigenvalue weighted by Crippen LogP contribution is -2.41. The fourth-order valence-corrected chi connectivity index (χ4v) is 1.81. The number of aromatic carboxylic acids is 1. The normalized spacial score (nSPS) is 10.5. The van der Waals surface area contributed by atoms with Gasteiger partial charge in [-0.25, -0.2) is 14.0 Å². The summed E-state index contributed by atoms with van der Waals surface area (Å²) in [4.78, 5) is 35.0. The predicted octanol–water partition coefficient (Wildman–Crippen LogP) is 0.856. The number of benzene rings is 1. The van der Waals surface area contributed by atoms with Crippen LogP contribution < -0.4 is 11.2 Å². The maximum absolute atomic E-state index is 12.9. The summed E-state index contributed by atoms with van der Waals surface area (Å²) in [6.45, 7) is 1.60. The maximum atomic E-state index is 12.9. The third kappa shape index (κ3) is 2.25. The summed E-state index contributed by atoms with van der Waals surface area (Å²) in [5.74, 6) is -1.91. The van der Waals surface area contributed by atoms with Gasteiger partial charge in [-0.05, 0) is 31.2 Å².